The molecule has 21 heavy (non-hydrogen) atoms. The van der Waals surface area contributed by atoms with Crippen LogP contribution in [0.15, 0.2) is 44.3 Å². The van der Waals surface area contributed by atoms with Crippen molar-refractivity contribution in [3.05, 3.63) is 46.6 Å². The van der Waals surface area contributed by atoms with Gasteiger partial charge in [-0.2, -0.15) is 0 Å². The van der Waals surface area contributed by atoms with E-state index in [1.165, 1.54) is 24.3 Å². The van der Waals surface area contributed by atoms with Crippen LogP contribution in [0.1, 0.15) is 12.7 Å². The second-order valence-corrected chi connectivity index (χ2v) is 6.62. The smallest absolute Gasteiger partial charge is 0.266 e. The molecule has 5 nitrogen and oxygen atoms in total. The van der Waals surface area contributed by atoms with Gasteiger partial charge in [0.25, 0.3) is 10.0 Å². The van der Waals surface area contributed by atoms with Crippen molar-refractivity contribution in [3.63, 3.8) is 0 Å². The Hall–Kier alpha value is -1.38. The molecule has 0 radical (unpaired) electrons. The third-order valence-corrected chi connectivity index (χ3v) is 4.86. The van der Waals surface area contributed by atoms with Crippen LogP contribution in [-0.2, 0) is 16.6 Å². The van der Waals surface area contributed by atoms with Gasteiger partial charge in [0.1, 0.15) is 16.5 Å². The van der Waals surface area contributed by atoms with Gasteiger partial charge < -0.3 is 9.73 Å². The van der Waals surface area contributed by atoms with Crippen LogP contribution >= 0.6 is 15.9 Å². The quantitative estimate of drug-likeness (QED) is 0.812. The Labute approximate surface area is 130 Å². The molecule has 1 aromatic heterocycles. The zero-order valence-corrected chi connectivity index (χ0v) is 13.6. The summed E-state index contributed by atoms with van der Waals surface area (Å²) in [5.41, 5.74) is 0.149. The van der Waals surface area contributed by atoms with Crippen molar-refractivity contribution in [2.75, 3.05) is 11.3 Å². The molecule has 0 saturated carbocycles. The summed E-state index contributed by atoms with van der Waals surface area (Å²) in [6, 6.07) is 6.65. The first kappa shape index (κ1) is 16.0. The molecule has 0 bridgehead atoms. The minimum Gasteiger partial charge on any atom is -0.451 e. The fourth-order valence-corrected chi connectivity index (χ4v) is 3.73. The van der Waals surface area contributed by atoms with Crippen molar-refractivity contribution in [1.29, 1.82) is 0 Å². The molecule has 0 amide bonds. The maximum absolute atomic E-state index is 13.1. The predicted molar refractivity (Wildman–Crippen MR) is 81.0 cm³/mol. The van der Waals surface area contributed by atoms with E-state index in [9.17, 15) is 12.8 Å². The van der Waals surface area contributed by atoms with E-state index in [0.29, 0.717) is 12.3 Å². The van der Waals surface area contributed by atoms with Crippen LogP contribution in [0.4, 0.5) is 10.1 Å². The van der Waals surface area contributed by atoms with Crippen LogP contribution in [-0.4, -0.2) is 15.0 Å². The average Bonchev–Trinajstić information content (AvgIpc) is 2.78. The molecule has 8 heteroatoms. The fraction of sp³-hybridized carbons (Fsp3) is 0.231. The predicted octanol–water partition coefficient (Wildman–Crippen LogP) is 3.09. The van der Waals surface area contributed by atoms with E-state index in [1.54, 1.807) is 0 Å². The summed E-state index contributed by atoms with van der Waals surface area (Å²) in [5.74, 6) is -0.0300. The normalized spacial score (nSPS) is 11.6. The van der Waals surface area contributed by atoms with E-state index < -0.39 is 15.8 Å². The second kappa shape index (κ2) is 6.59. The molecule has 0 fully saturated rings. The maximum atomic E-state index is 13.1. The highest BCUT2D eigenvalue weighted by molar-refractivity contribution is 9.10. The van der Waals surface area contributed by atoms with Gasteiger partial charge in [0, 0.05) is 6.07 Å². The summed E-state index contributed by atoms with van der Waals surface area (Å²) in [6.07, 6.45) is 0. The van der Waals surface area contributed by atoms with Gasteiger partial charge >= 0.3 is 0 Å². The van der Waals surface area contributed by atoms with E-state index in [1.807, 2.05) is 6.92 Å². The molecule has 1 aromatic carbocycles. The van der Waals surface area contributed by atoms with Gasteiger partial charge in [-0.3, -0.25) is 4.72 Å². The second-order valence-electron chi connectivity index (χ2n) is 4.25. The Kier molecular flexibility index (Phi) is 5.02. The van der Waals surface area contributed by atoms with Crippen molar-refractivity contribution >= 4 is 31.6 Å². The highest BCUT2D eigenvalue weighted by Crippen LogP contribution is 2.28. The van der Waals surface area contributed by atoms with Crippen molar-refractivity contribution in [2.24, 2.45) is 0 Å². The molecule has 0 aliphatic rings. The molecule has 0 atom stereocenters. The van der Waals surface area contributed by atoms with E-state index in [4.69, 9.17) is 4.42 Å². The third-order valence-electron chi connectivity index (χ3n) is 2.62. The van der Waals surface area contributed by atoms with Crippen LogP contribution < -0.4 is 10.0 Å². The largest absolute Gasteiger partial charge is 0.451 e. The van der Waals surface area contributed by atoms with Gasteiger partial charge in [-0.05, 0) is 40.7 Å². The number of benzene rings is 1. The van der Waals surface area contributed by atoms with Gasteiger partial charge in [-0.1, -0.05) is 13.0 Å². The summed E-state index contributed by atoms with van der Waals surface area (Å²) in [5, 5.41) is 3.03. The SMILES string of the molecule is CCNCc1cc(S(=O)(=O)Nc2cccc(F)c2)c(Br)o1. The number of anilines is 1. The van der Waals surface area contributed by atoms with Crippen molar-refractivity contribution in [3.8, 4) is 0 Å². The number of rotatable bonds is 6. The van der Waals surface area contributed by atoms with Gasteiger partial charge in [0.2, 0.25) is 0 Å². The summed E-state index contributed by atoms with van der Waals surface area (Å²) in [6.45, 7) is 3.09. The zero-order chi connectivity index (χ0) is 15.5. The number of sulfonamides is 1. The van der Waals surface area contributed by atoms with Crippen molar-refractivity contribution in [1.82, 2.24) is 5.32 Å². The third kappa shape index (κ3) is 4.05. The Morgan fingerprint density at radius 2 is 2.10 bits per heavy atom. The lowest BCUT2D eigenvalue weighted by Crippen LogP contribution is -2.13. The number of hydrogen-bond acceptors (Lipinski definition) is 4. The minimum absolute atomic E-state index is 0.0281. The number of hydrogen-bond donors (Lipinski definition) is 2. The Morgan fingerprint density at radius 1 is 1.33 bits per heavy atom. The van der Waals surface area contributed by atoms with E-state index in [-0.39, 0.29) is 15.3 Å². The topological polar surface area (TPSA) is 71.3 Å². The summed E-state index contributed by atoms with van der Waals surface area (Å²) in [4.78, 5) is -0.0281. The molecule has 0 aliphatic carbocycles. The number of halogens is 2. The zero-order valence-electron chi connectivity index (χ0n) is 11.2. The van der Waals surface area contributed by atoms with Gasteiger partial charge in [-0.15, -0.1) is 0 Å². The van der Waals surface area contributed by atoms with E-state index >= 15 is 0 Å². The van der Waals surface area contributed by atoms with Crippen molar-refractivity contribution < 1.29 is 17.2 Å². The molecular weight excluding hydrogens is 363 g/mol. The van der Waals surface area contributed by atoms with Crippen LogP contribution in [0.5, 0.6) is 0 Å². The Balaban J connectivity index is 2.25. The molecule has 1 heterocycles. The summed E-state index contributed by atoms with van der Waals surface area (Å²) >= 11 is 3.09. The van der Waals surface area contributed by atoms with E-state index in [2.05, 4.69) is 26.0 Å². The maximum Gasteiger partial charge on any atom is 0.266 e. The minimum atomic E-state index is -3.85. The molecule has 2 aromatic rings. The lowest BCUT2D eigenvalue weighted by atomic mass is 10.3. The van der Waals surface area contributed by atoms with Crippen molar-refractivity contribution in [2.45, 2.75) is 18.4 Å². The number of furan rings is 1. The van der Waals surface area contributed by atoms with Gasteiger partial charge in [-0.25, -0.2) is 12.8 Å². The average molecular weight is 377 g/mol. The Morgan fingerprint density at radius 3 is 2.76 bits per heavy atom. The highest BCUT2D eigenvalue weighted by atomic mass is 79.9. The molecule has 0 saturated heterocycles. The Bertz CT molecular complexity index is 731. The highest BCUT2D eigenvalue weighted by Gasteiger charge is 2.22. The van der Waals surface area contributed by atoms with Gasteiger partial charge in [0.05, 0.1) is 12.2 Å². The molecule has 0 spiro atoms. The van der Waals surface area contributed by atoms with Crippen LogP contribution in [0.25, 0.3) is 0 Å². The molecule has 114 valence electrons. The lowest BCUT2D eigenvalue weighted by molar-refractivity contribution is 0.464. The first-order chi connectivity index (χ1) is 9.92. The van der Waals surface area contributed by atoms with Crippen LogP contribution in [0.2, 0.25) is 0 Å². The van der Waals surface area contributed by atoms with E-state index in [0.717, 1.165) is 12.6 Å². The molecule has 2 rings (SSSR count). The molecule has 2 N–H and O–H groups in total. The monoisotopic (exact) mass is 376 g/mol. The fourth-order valence-electron chi connectivity index (χ4n) is 1.68. The number of nitrogens with one attached hydrogen (secondary N) is 2. The lowest BCUT2D eigenvalue weighted by Gasteiger charge is -2.06. The molecule has 0 aliphatic heterocycles. The summed E-state index contributed by atoms with van der Waals surface area (Å²) < 4.78 is 45.4. The molecular formula is C13H14BrFN2O3S. The van der Waals surface area contributed by atoms with Crippen LogP contribution in [0.3, 0.4) is 0 Å². The first-order valence-electron chi connectivity index (χ1n) is 6.19. The van der Waals surface area contributed by atoms with Crippen LogP contribution in [0, 0.1) is 5.82 Å². The standard InChI is InChI=1S/C13H14BrFN2O3S/c1-2-16-8-11-7-12(13(14)20-11)21(18,19)17-10-5-3-4-9(15)6-10/h3-7,16-17H,2,8H2,1H3. The first-order valence-corrected chi connectivity index (χ1v) is 8.47. The molecule has 0 unspecified atom stereocenters. The van der Waals surface area contributed by atoms with Gasteiger partial charge in [0.15, 0.2) is 4.67 Å². The summed E-state index contributed by atoms with van der Waals surface area (Å²) in [7, 11) is -3.85.